The summed E-state index contributed by atoms with van der Waals surface area (Å²) in [4.78, 5) is 1.11. The van der Waals surface area contributed by atoms with Gasteiger partial charge in [0.25, 0.3) is 0 Å². The smallest absolute Gasteiger partial charge is 0.0935 e. The van der Waals surface area contributed by atoms with Crippen molar-refractivity contribution in [2.24, 2.45) is 12.8 Å². The number of hydrogen-bond acceptors (Lipinski definition) is 3. The molecule has 0 spiro atoms. The lowest BCUT2D eigenvalue weighted by molar-refractivity contribution is 0.746. The highest BCUT2D eigenvalue weighted by atomic mass is 79.9. The molecule has 6 heteroatoms. The molecule has 0 amide bonds. The maximum Gasteiger partial charge on any atom is 0.0935 e. The minimum Gasteiger partial charge on any atom is -0.330 e. The van der Waals surface area contributed by atoms with Gasteiger partial charge in [0.05, 0.1) is 25.1 Å². The molecule has 0 aromatic carbocycles. The lowest BCUT2D eigenvalue weighted by atomic mass is 10.2. The van der Waals surface area contributed by atoms with E-state index in [2.05, 4.69) is 21.0 Å². The third-order valence-electron chi connectivity index (χ3n) is 2.24. The predicted molar refractivity (Wildman–Crippen MR) is 72.0 cm³/mol. The Bertz CT molecular complexity index is 506. The predicted octanol–water partition coefficient (Wildman–Crippen LogP) is 3.07. The first kappa shape index (κ1) is 12.1. The van der Waals surface area contributed by atoms with Gasteiger partial charge in [-0.3, -0.25) is 4.68 Å². The second kappa shape index (κ2) is 4.87. The molecule has 0 aliphatic carbocycles. The zero-order valence-electron chi connectivity index (χ0n) is 8.70. The molecule has 16 heavy (non-hydrogen) atoms. The molecule has 2 heterocycles. The molecule has 0 bridgehead atoms. The molecule has 0 aliphatic rings. The third kappa shape index (κ3) is 2.18. The Hall–Kier alpha value is -0.360. The molecule has 2 N–H and O–H groups in total. The maximum absolute atomic E-state index is 5.94. The van der Waals surface area contributed by atoms with Gasteiger partial charge < -0.3 is 5.73 Å². The van der Waals surface area contributed by atoms with E-state index >= 15 is 0 Å². The molecule has 0 saturated heterocycles. The van der Waals surface area contributed by atoms with Gasteiger partial charge >= 0.3 is 0 Å². The fraction of sp³-hybridized carbons (Fsp3) is 0.300. The van der Waals surface area contributed by atoms with Crippen LogP contribution < -0.4 is 5.73 Å². The van der Waals surface area contributed by atoms with Crippen LogP contribution in [0.1, 0.15) is 5.69 Å². The quantitative estimate of drug-likeness (QED) is 0.944. The van der Waals surface area contributed by atoms with Gasteiger partial charge in [-0.2, -0.15) is 5.10 Å². The third-order valence-corrected chi connectivity index (χ3v) is 4.31. The lowest BCUT2D eigenvalue weighted by Gasteiger charge is -1.98. The molecule has 0 radical (unpaired) electrons. The Kier molecular flexibility index (Phi) is 3.69. The van der Waals surface area contributed by atoms with Gasteiger partial charge in [0, 0.05) is 13.5 Å². The van der Waals surface area contributed by atoms with Crippen LogP contribution in [0.4, 0.5) is 0 Å². The van der Waals surface area contributed by atoms with Crippen molar-refractivity contribution in [3.8, 4) is 10.6 Å². The van der Waals surface area contributed by atoms with E-state index in [1.807, 2.05) is 23.9 Å². The molecular formula is C10H11BrClN3S. The molecule has 0 atom stereocenters. The standard InChI is InChI=1S/C10H11BrClN3S/c1-15-10(7-2-3-8(12)16-7)9(11)6(14-15)4-5-13/h2-3H,4-5,13H2,1H3. The first-order valence-electron chi connectivity index (χ1n) is 4.80. The van der Waals surface area contributed by atoms with Gasteiger partial charge in [0.15, 0.2) is 0 Å². The van der Waals surface area contributed by atoms with Crippen molar-refractivity contribution in [3.63, 3.8) is 0 Å². The van der Waals surface area contributed by atoms with Crippen LogP contribution >= 0.6 is 38.9 Å². The molecule has 3 nitrogen and oxygen atoms in total. The topological polar surface area (TPSA) is 43.8 Å². The Morgan fingerprint density at radius 3 is 2.88 bits per heavy atom. The van der Waals surface area contributed by atoms with Crippen LogP contribution in [0.15, 0.2) is 16.6 Å². The van der Waals surface area contributed by atoms with E-state index in [1.165, 1.54) is 0 Å². The summed E-state index contributed by atoms with van der Waals surface area (Å²) in [5.41, 5.74) is 7.59. The molecule has 86 valence electrons. The number of halogens is 2. The van der Waals surface area contributed by atoms with Crippen molar-refractivity contribution >= 4 is 38.9 Å². The van der Waals surface area contributed by atoms with Gasteiger partial charge in [-0.15, -0.1) is 11.3 Å². The molecule has 0 aliphatic heterocycles. The number of nitrogens with two attached hydrogens (primary N) is 1. The van der Waals surface area contributed by atoms with Crippen LogP contribution in [-0.2, 0) is 13.5 Å². The second-order valence-corrected chi connectivity index (χ2v) is 5.88. The van der Waals surface area contributed by atoms with Crippen LogP contribution in [0.3, 0.4) is 0 Å². The minimum atomic E-state index is 0.597. The first-order valence-corrected chi connectivity index (χ1v) is 6.79. The van der Waals surface area contributed by atoms with Gasteiger partial charge in [0.2, 0.25) is 0 Å². The highest BCUT2D eigenvalue weighted by Gasteiger charge is 2.16. The largest absolute Gasteiger partial charge is 0.330 e. The van der Waals surface area contributed by atoms with Crippen LogP contribution in [0, 0.1) is 0 Å². The molecule has 0 fully saturated rings. The summed E-state index contributed by atoms with van der Waals surface area (Å²) in [7, 11) is 1.92. The molecule has 0 saturated carbocycles. The summed E-state index contributed by atoms with van der Waals surface area (Å²) < 4.78 is 3.65. The van der Waals surface area contributed by atoms with E-state index in [0.717, 1.165) is 31.5 Å². The van der Waals surface area contributed by atoms with E-state index in [-0.39, 0.29) is 0 Å². The van der Waals surface area contributed by atoms with Crippen molar-refractivity contribution < 1.29 is 0 Å². The van der Waals surface area contributed by atoms with Crippen LogP contribution in [-0.4, -0.2) is 16.3 Å². The average Bonchev–Trinajstić information content (AvgIpc) is 2.74. The number of aryl methyl sites for hydroxylation is 1. The van der Waals surface area contributed by atoms with E-state index in [9.17, 15) is 0 Å². The van der Waals surface area contributed by atoms with E-state index in [1.54, 1.807) is 11.3 Å². The summed E-state index contributed by atoms with van der Waals surface area (Å²) in [5.74, 6) is 0. The number of aromatic nitrogens is 2. The molecular weight excluding hydrogens is 310 g/mol. The lowest BCUT2D eigenvalue weighted by Crippen LogP contribution is -2.04. The summed E-state index contributed by atoms with van der Waals surface area (Å²) in [6.07, 6.45) is 0.771. The van der Waals surface area contributed by atoms with Crippen LogP contribution in [0.25, 0.3) is 10.6 Å². The van der Waals surface area contributed by atoms with Crippen LogP contribution in [0.2, 0.25) is 4.34 Å². The van der Waals surface area contributed by atoms with Crippen molar-refractivity contribution in [1.82, 2.24) is 9.78 Å². The van der Waals surface area contributed by atoms with Crippen molar-refractivity contribution in [3.05, 3.63) is 26.6 Å². The number of nitrogens with zero attached hydrogens (tertiary/aromatic N) is 2. The Morgan fingerprint density at radius 2 is 2.31 bits per heavy atom. The number of rotatable bonds is 3. The molecule has 2 aromatic rings. The average molecular weight is 321 g/mol. The summed E-state index contributed by atoms with van der Waals surface area (Å²) >= 11 is 11.1. The van der Waals surface area contributed by atoms with Crippen molar-refractivity contribution in [1.29, 1.82) is 0 Å². The Balaban J connectivity index is 2.48. The van der Waals surface area contributed by atoms with Gasteiger partial charge in [0.1, 0.15) is 0 Å². The normalized spacial score (nSPS) is 11.0. The summed E-state index contributed by atoms with van der Waals surface area (Å²) in [6, 6.07) is 3.89. The highest BCUT2D eigenvalue weighted by Crippen LogP contribution is 2.36. The van der Waals surface area contributed by atoms with Crippen LogP contribution in [0.5, 0.6) is 0 Å². The zero-order valence-corrected chi connectivity index (χ0v) is 11.9. The fourth-order valence-corrected chi connectivity index (χ4v) is 3.56. The number of hydrogen-bond donors (Lipinski definition) is 1. The highest BCUT2D eigenvalue weighted by molar-refractivity contribution is 9.10. The van der Waals surface area contributed by atoms with Gasteiger partial charge in [-0.05, 0) is 34.6 Å². The van der Waals surface area contributed by atoms with Gasteiger partial charge in [-0.1, -0.05) is 11.6 Å². The van der Waals surface area contributed by atoms with Gasteiger partial charge in [-0.25, -0.2) is 0 Å². The maximum atomic E-state index is 5.94. The molecule has 0 unspecified atom stereocenters. The second-order valence-electron chi connectivity index (χ2n) is 3.38. The van der Waals surface area contributed by atoms with E-state index in [0.29, 0.717) is 6.54 Å². The first-order chi connectivity index (χ1) is 7.63. The van der Waals surface area contributed by atoms with Crippen molar-refractivity contribution in [2.75, 3.05) is 6.54 Å². The van der Waals surface area contributed by atoms with Crippen molar-refractivity contribution in [2.45, 2.75) is 6.42 Å². The number of thiophene rings is 1. The monoisotopic (exact) mass is 319 g/mol. The summed E-state index contributed by atoms with van der Waals surface area (Å²) in [5, 5.41) is 4.44. The molecule has 2 aromatic heterocycles. The Morgan fingerprint density at radius 1 is 1.56 bits per heavy atom. The minimum absolute atomic E-state index is 0.597. The fourth-order valence-electron chi connectivity index (χ4n) is 1.56. The Labute approximate surface area is 111 Å². The SMILES string of the molecule is Cn1nc(CCN)c(Br)c1-c1ccc(Cl)s1. The van der Waals surface area contributed by atoms with E-state index < -0.39 is 0 Å². The van der Waals surface area contributed by atoms with E-state index in [4.69, 9.17) is 17.3 Å². The summed E-state index contributed by atoms with van der Waals surface area (Å²) in [6.45, 7) is 0.597. The zero-order chi connectivity index (χ0) is 11.7. The molecule has 2 rings (SSSR count).